The van der Waals surface area contributed by atoms with Gasteiger partial charge in [0.15, 0.2) is 0 Å². The molecular weight excluding hydrogens is 270 g/mol. The minimum atomic E-state index is 0.000119. The number of ether oxygens (including phenoxy) is 1. The van der Waals surface area contributed by atoms with Crippen LogP contribution >= 0.6 is 0 Å². The quantitative estimate of drug-likeness (QED) is 0.783. The van der Waals surface area contributed by atoms with Crippen LogP contribution in [0, 0.1) is 0 Å². The second-order valence-electron chi connectivity index (χ2n) is 4.81. The van der Waals surface area contributed by atoms with Crippen molar-refractivity contribution in [3.63, 3.8) is 0 Å². The van der Waals surface area contributed by atoms with Gasteiger partial charge >= 0.3 is 6.03 Å². The Balaban J connectivity index is 1.67. The lowest BCUT2D eigenvalue weighted by molar-refractivity contribution is 0.143. The molecule has 0 atom stereocenters. The van der Waals surface area contributed by atoms with Crippen LogP contribution in [0.3, 0.4) is 0 Å². The standard InChI is InChI=1S/C14H23N5O2/c1-2-21-12-4-7-17-14(20)19-10-8-18(9-11-19)13-15-5-3-6-16-13/h3,5-6H,2,4,7-12H2,1H3,(H,17,20). The number of rotatable bonds is 6. The molecular formula is C14H23N5O2. The van der Waals surface area contributed by atoms with Gasteiger partial charge < -0.3 is 19.9 Å². The first-order valence-electron chi connectivity index (χ1n) is 7.43. The van der Waals surface area contributed by atoms with Gasteiger partial charge in [-0.2, -0.15) is 0 Å². The number of piperazine rings is 1. The van der Waals surface area contributed by atoms with Gasteiger partial charge in [-0.1, -0.05) is 0 Å². The van der Waals surface area contributed by atoms with E-state index in [9.17, 15) is 4.79 Å². The molecule has 0 saturated carbocycles. The highest BCUT2D eigenvalue weighted by Crippen LogP contribution is 2.09. The zero-order valence-electron chi connectivity index (χ0n) is 12.5. The van der Waals surface area contributed by atoms with Crippen molar-refractivity contribution in [2.24, 2.45) is 0 Å². The normalized spacial score (nSPS) is 15.1. The average Bonchev–Trinajstić information content (AvgIpc) is 2.55. The zero-order valence-corrected chi connectivity index (χ0v) is 12.5. The Morgan fingerprint density at radius 2 is 2.00 bits per heavy atom. The van der Waals surface area contributed by atoms with Crippen molar-refractivity contribution in [1.29, 1.82) is 0 Å². The van der Waals surface area contributed by atoms with Crippen LogP contribution in [0.5, 0.6) is 0 Å². The number of amides is 2. The summed E-state index contributed by atoms with van der Waals surface area (Å²) >= 11 is 0. The predicted molar refractivity (Wildman–Crippen MR) is 80.3 cm³/mol. The monoisotopic (exact) mass is 293 g/mol. The summed E-state index contributed by atoms with van der Waals surface area (Å²) in [6.07, 6.45) is 4.32. The van der Waals surface area contributed by atoms with E-state index in [1.165, 1.54) is 0 Å². The number of urea groups is 1. The summed E-state index contributed by atoms with van der Waals surface area (Å²) < 4.78 is 5.24. The van der Waals surface area contributed by atoms with E-state index < -0.39 is 0 Å². The maximum Gasteiger partial charge on any atom is 0.317 e. The van der Waals surface area contributed by atoms with Crippen LogP contribution < -0.4 is 10.2 Å². The second kappa shape index (κ2) is 8.41. The molecule has 21 heavy (non-hydrogen) atoms. The molecule has 1 saturated heterocycles. The van der Waals surface area contributed by atoms with Crippen LogP contribution in [0.25, 0.3) is 0 Å². The second-order valence-corrected chi connectivity index (χ2v) is 4.81. The third kappa shape index (κ3) is 4.86. The zero-order chi connectivity index (χ0) is 14.9. The molecule has 7 nitrogen and oxygen atoms in total. The van der Waals surface area contributed by atoms with Gasteiger partial charge in [0.2, 0.25) is 5.95 Å². The molecule has 2 amide bonds. The number of nitrogens with one attached hydrogen (secondary N) is 1. The minimum Gasteiger partial charge on any atom is -0.382 e. The van der Waals surface area contributed by atoms with E-state index >= 15 is 0 Å². The van der Waals surface area contributed by atoms with Crippen molar-refractivity contribution in [3.05, 3.63) is 18.5 Å². The van der Waals surface area contributed by atoms with Crippen molar-refractivity contribution in [2.45, 2.75) is 13.3 Å². The molecule has 1 aromatic rings. The molecule has 0 spiro atoms. The van der Waals surface area contributed by atoms with Crippen molar-refractivity contribution in [3.8, 4) is 0 Å². The van der Waals surface area contributed by atoms with E-state index in [0.717, 1.165) is 32.1 Å². The number of hydrogen-bond acceptors (Lipinski definition) is 5. The highest BCUT2D eigenvalue weighted by atomic mass is 16.5. The molecule has 2 heterocycles. The number of carbonyl (C=O) groups is 1. The average molecular weight is 293 g/mol. The van der Waals surface area contributed by atoms with Crippen molar-refractivity contribution in [2.75, 3.05) is 50.8 Å². The Kier molecular flexibility index (Phi) is 6.21. The highest BCUT2D eigenvalue weighted by Gasteiger charge is 2.21. The van der Waals surface area contributed by atoms with Crippen LogP contribution in [-0.2, 0) is 4.74 Å². The van der Waals surface area contributed by atoms with Crippen LogP contribution in [0.1, 0.15) is 13.3 Å². The van der Waals surface area contributed by atoms with Gasteiger partial charge in [-0.3, -0.25) is 0 Å². The van der Waals surface area contributed by atoms with Crippen molar-refractivity contribution in [1.82, 2.24) is 20.2 Å². The van der Waals surface area contributed by atoms with E-state index in [1.807, 2.05) is 11.8 Å². The molecule has 1 aliphatic heterocycles. The van der Waals surface area contributed by atoms with E-state index in [2.05, 4.69) is 20.2 Å². The molecule has 1 fully saturated rings. The van der Waals surface area contributed by atoms with Crippen molar-refractivity contribution >= 4 is 12.0 Å². The number of aromatic nitrogens is 2. The van der Waals surface area contributed by atoms with Gasteiger partial charge in [0.25, 0.3) is 0 Å². The number of carbonyl (C=O) groups excluding carboxylic acids is 1. The first-order chi connectivity index (χ1) is 10.3. The number of nitrogens with zero attached hydrogens (tertiary/aromatic N) is 4. The molecule has 116 valence electrons. The summed E-state index contributed by atoms with van der Waals surface area (Å²) in [5, 5.41) is 2.92. The Morgan fingerprint density at radius 3 is 2.67 bits per heavy atom. The van der Waals surface area contributed by atoms with Crippen LogP contribution in [0.4, 0.5) is 10.7 Å². The summed E-state index contributed by atoms with van der Waals surface area (Å²) in [6, 6.07) is 1.80. The van der Waals surface area contributed by atoms with Gasteiger partial charge in [-0.05, 0) is 19.4 Å². The van der Waals surface area contributed by atoms with Crippen LogP contribution in [0.2, 0.25) is 0 Å². The number of hydrogen-bond donors (Lipinski definition) is 1. The third-order valence-electron chi connectivity index (χ3n) is 3.35. The Labute approximate surface area is 125 Å². The summed E-state index contributed by atoms with van der Waals surface area (Å²) in [5.41, 5.74) is 0. The Bertz CT molecular complexity index is 421. The molecule has 0 bridgehead atoms. The van der Waals surface area contributed by atoms with Crippen LogP contribution in [0.15, 0.2) is 18.5 Å². The Hall–Kier alpha value is -1.89. The molecule has 2 rings (SSSR count). The third-order valence-corrected chi connectivity index (χ3v) is 3.35. The van der Waals surface area contributed by atoms with E-state index in [1.54, 1.807) is 18.5 Å². The molecule has 1 N–H and O–H groups in total. The Morgan fingerprint density at radius 1 is 1.29 bits per heavy atom. The lowest BCUT2D eigenvalue weighted by Gasteiger charge is -2.34. The fourth-order valence-electron chi connectivity index (χ4n) is 2.19. The lowest BCUT2D eigenvalue weighted by Crippen LogP contribution is -2.52. The molecule has 0 unspecified atom stereocenters. The molecule has 0 aliphatic carbocycles. The fraction of sp³-hybridized carbons (Fsp3) is 0.643. The largest absolute Gasteiger partial charge is 0.382 e. The number of anilines is 1. The molecule has 0 aromatic carbocycles. The minimum absolute atomic E-state index is 0.000119. The van der Waals surface area contributed by atoms with Gasteiger partial charge in [0.05, 0.1) is 0 Å². The maximum atomic E-state index is 12.0. The van der Waals surface area contributed by atoms with Gasteiger partial charge in [-0.25, -0.2) is 14.8 Å². The van der Waals surface area contributed by atoms with E-state index in [4.69, 9.17) is 4.74 Å². The summed E-state index contributed by atoms with van der Waals surface area (Å²) in [6.45, 7) is 6.93. The fourth-order valence-corrected chi connectivity index (χ4v) is 2.19. The van der Waals surface area contributed by atoms with Gasteiger partial charge in [0, 0.05) is 58.3 Å². The molecule has 1 aliphatic rings. The molecule has 0 radical (unpaired) electrons. The molecule has 7 heteroatoms. The van der Waals surface area contributed by atoms with Crippen LogP contribution in [-0.4, -0.2) is 66.8 Å². The topological polar surface area (TPSA) is 70.6 Å². The molecule has 1 aromatic heterocycles. The lowest BCUT2D eigenvalue weighted by atomic mass is 10.3. The van der Waals surface area contributed by atoms with Gasteiger partial charge in [-0.15, -0.1) is 0 Å². The van der Waals surface area contributed by atoms with Gasteiger partial charge in [0.1, 0.15) is 0 Å². The van der Waals surface area contributed by atoms with Crippen molar-refractivity contribution < 1.29 is 9.53 Å². The van der Waals surface area contributed by atoms with E-state index in [0.29, 0.717) is 26.2 Å². The predicted octanol–water partition coefficient (Wildman–Crippen LogP) is 0.735. The summed E-state index contributed by atoms with van der Waals surface area (Å²) in [4.78, 5) is 24.4. The highest BCUT2D eigenvalue weighted by molar-refractivity contribution is 5.74. The van der Waals surface area contributed by atoms with E-state index in [-0.39, 0.29) is 6.03 Å². The SMILES string of the molecule is CCOCCCNC(=O)N1CCN(c2ncccn2)CC1. The first kappa shape index (κ1) is 15.5. The summed E-state index contributed by atoms with van der Waals surface area (Å²) in [5.74, 6) is 0.731. The first-order valence-corrected chi connectivity index (χ1v) is 7.43. The summed E-state index contributed by atoms with van der Waals surface area (Å²) in [7, 11) is 0. The smallest absolute Gasteiger partial charge is 0.317 e. The maximum absolute atomic E-state index is 12.0.